The third kappa shape index (κ3) is 4.76. The van der Waals surface area contributed by atoms with Gasteiger partial charge in [-0.1, -0.05) is 0 Å². The lowest BCUT2D eigenvalue weighted by Gasteiger charge is -2.05. The van der Waals surface area contributed by atoms with Gasteiger partial charge in [-0.05, 0) is 31.9 Å². The van der Waals surface area contributed by atoms with E-state index in [4.69, 9.17) is 10.4 Å². The third-order valence-electron chi connectivity index (χ3n) is 2.54. The standard InChI is InChI=1S/C13H15N3O3/c1-9-10(8-14)5-6-11(16-9)13(19)15-7-3-2-4-12(17)18/h5-6H,2-4,7H2,1H3,(H,15,19)(H,17,18). The largest absolute Gasteiger partial charge is 0.481 e. The lowest BCUT2D eigenvalue weighted by molar-refractivity contribution is -0.137. The number of aryl methyl sites for hydroxylation is 1. The topological polar surface area (TPSA) is 103 Å². The number of carboxylic acid groups (broad SMARTS) is 1. The van der Waals surface area contributed by atoms with Crippen LogP contribution in [0.25, 0.3) is 0 Å². The first kappa shape index (κ1) is 14.6. The van der Waals surface area contributed by atoms with Crippen LogP contribution in [0, 0.1) is 18.3 Å². The molecule has 0 atom stereocenters. The summed E-state index contributed by atoms with van der Waals surface area (Å²) in [6, 6.07) is 5.04. The Bertz CT molecular complexity index is 520. The molecule has 0 fully saturated rings. The number of carbonyl (C=O) groups excluding carboxylic acids is 1. The Hall–Kier alpha value is -2.42. The molecule has 1 aromatic rings. The summed E-state index contributed by atoms with van der Waals surface area (Å²) in [6.07, 6.45) is 1.23. The molecule has 6 nitrogen and oxygen atoms in total. The number of nitriles is 1. The molecule has 0 spiro atoms. The minimum Gasteiger partial charge on any atom is -0.481 e. The van der Waals surface area contributed by atoms with Crippen molar-refractivity contribution in [1.82, 2.24) is 10.3 Å². The molecule has 1 aromatic heterocycles. The van der Waals surface area contributed by atoms with Gasteiger partial charge in [-0.15, -0.1) is 0 Å². The highest BCUT2D eigenvalue weighted by atomic mass is 16.4. The zero-order chi connectivity index (χ0) is 14.3. The fourth-order valence-corrected chi connectivity index (χ4v) is 1.50. The average Bonchev–Trinajstić information content (AvgIpc) is 2.37. The molecule has 0 bridgehead atoms. The van der Waals surface area contributed by atoms with Crippen molar-refractivity contribution < 1.29 is 14.7 Å². The molecule has 0 unspecified atom stereocenters. The summed E-state index contributed by atoms with van der Waals surface area (Å²) < 4.78 is 0. The van der Waals surface area contributed by atoms with Crippen LogP contribution < -0.4 is 5.32 Å². The number of aliphatic carboxylic acids is 1. The van der Waals surface area contributed by atoms with Crippen molar-refractivity contribution in [2.75, 3.05) is 6.54 Å². The van der Waals surface area contributed by atoms with E-state index in [1.807, 2.05) is 6.07 Å². The highest BCUT2D eigenvalue weighted by molar-refractivity contribution is 5.92. The van der Waals surface area contributed by atoms with Crippen molar-refractivity contribution in [2.45, 2.75) is 26.2 Å². The quantitative estimate of drug-likeness (QED) is 0.750. The molecule has 0 aliphatic rings. The van der Waals surface area contributed by atoms with Crippen LogP contribution in [-0.4, -0.2) is 28.5 Å². The minimum absolute atomic E-state index is 0.101. The van der Waals surface area contributed by atoms with Gasteiger partial charge in [-0.25, -0.2) is 4.98 Å². The fraction of sp³-hybridized carbons (Fsp3) is 0.385. The van der Waals surface area contributed by atoms with Crippen molar-refractivity contribution in [3.8, 4) is 6.07 Å². The van der Waals surface area contributed by atoms with Gasteiger partial charge in [0.15, 0.2) is 0 Å². The molecule has 100 valence electrons. The van der Waals surface area contributed by atoms with Crippen LogP contribution in [0.5, 0.6) is 0 Å². The van der Waals surface area contributed by atoms with Crippen LogP contribution in [0.3, 0.4) is 0 Å². The second-order valence-corrected chi connectivity index (χ2v) is 4.05. The molecule has 1 rings (SSSR count). The van der Waals surface area contributed by atoms with E-state index >= 15 is 0 Å². The molecular formula is C13H15N3O3. The molecule has 2 N–H and O–H groups in total. The van der Waals surface area contributed by atoms with Crippen molar-refractivity contribution in [3.63, 3.8) is 0 Å². The zero-order valence-corrected chi connectivity index (χ0v) is 10.6. The second-order valence-electron chi connectivity index (χ2n) is 4.05. The molecule has 1 amide bonds. The highest BCUT2D eigenvalue weighted by Crippen LogP contribution is 2.05. The maximum atomic E-state index is 11.7. The van der Waals surface area contributed by atoms with E-state index < -0.39 is 5.97 Å². The molecule has 1 heterocycles. The van der Waals surface area contributed by atoms with Gasteiger partial charge < -0.3 is 10.4 Å². The van der Waals surface area contributed by atoms with Gasteiger partial charge in [-0.3, -0.25) is 9.59 Å². The zero-order valence-electron chi connectivity index (χ0n) is 10.6. The van der Waals surface area contributed by atoms with E-state index in [0.717, 1.165) is 0 Å². The molecule has 0 radical (unpaired) electrons. The monoisotopic (exact) mass is 261 g/mol. The summed E-state index contributed by atoms with van der Waals surface area (Å²) in [5.41, 5.74) is 1.22. The Morgan fingerprint density at radius 2 is 2.16 bits per heavy atom. The minimum atomic E-state index is -0.837. The van der Waals surface area contributed by atoms with E-state index in [1.54, 1.807) is 13.0 Å². The Morgan fingerprint density at radius 3 is 2.74 bits per heavy atom. The van der Waals surface area contributed by atoms with Gasteiger partial charge in [0.05, 0.1) is 11.3 Å². The van der Waals surface area contributed by atoms with E-state index in [0.29, 0.717) is 30.6 Å². The van der Waals surface area contributed by atoms with E-state index in [9.17, 15) is 9.59 Å². The Balaban J connectivity index is 2.44. The molecule has 0 aliphatic heterocycles. The maximum absolute atomic E-state index is 11.7. The number of hydrogen-bond donors (Lipinski definition) is 2. The Labute approximate surface area is 111 Å². The number of amides is 1. The maximum Gasteiger partial charge on any atom is 0.303 e. The molecule has 0 saturated carbocycles. The van der Waals surface area contributed by atoms with Crippen LogP contribution in [0.2, 0.25) is 0 Å². The van der Waals surface area contributed by atoms with Gasteiger partial charge in [0.2, 0.25) is 0 Å². The normalized spacial score (nSPS) is 9.68. The lowest BCUT2D eigenvalue weighted by atomic mass is 10.2. The average molecular weight is 261 g/mol. The number of rotatable bonds is 6. The molecule has 0 aliphatic carbocycles. The Kier molecular flexibility index (Phi) is 5.48. The summed E-state index contributed by atoms with van der Waals surface area (Å²) in [6.45, 7) is 2.08. The molecular weight excluding hydrogens is 246 g/mol. The Morgan fingerprint density at radius 1 is 1.42 bits per heavy atom. The second kappa shape index (κ2) is 7.11. The van der Waals surface area contributed by atoms with E-state index in [2.05, 4.69) is 10.3 Å². The lowest BCUT2D eigenvalue weighted by Crippen LogP contribution is -2.25. The predicted molar refractivity (Wildman–Crippen MR) is 67.5 cm³/mol. The first-order valence-electron chi connectivity index (χ1n) is 5.92. The number of nitrogens with zero attached hydrogens (tertiary/aromatic N) is 2. The van der Waals surface area contributed by atoms with Gasteiger partial charge in [-0.2, -0.15) is 5.26 Å². The highest BCUT2D eigenvalue weighted by Gasteiger charge is 2.08. The number of unbranched alkanes of at least 4 members (excludes halogenated alkanes) is 1. The number of carbonyl (C=O) groups is 2. The number of aromatic nitrogens is 1. The van der Waals surface area contributed by atoms with Crippen LogP contribution in [-0.2, 0) is 4.79 Å². The van der Waals surface area contributed by atoms with E-state index in [1.165, 1.54) is 6.07 Å². The van der Waals surface area contributed by atoms with Crippen LogP contribution in [0.4, 0.5) is 0 Å². The SMILES string of the molecule is Cc1nc(C(=O)NCCCCC(=O)O)ccc1C#N. The molecule has 0 aromatic carbocycles. The summed E-state index contributed by atoms with van der Waals surface area (Å²) in [5.74, 6) is -1.15. The summed E-state index contributed by atoms with van der Waals surface area (Å²) in [4.78, 5) is 26.1. The number of carboxylic acids is 1. The number of hydrogen-bond acceptors (Lipinski definition) is 4. The van der Waals surface area contributed by atoms with Gasteiger partial charge in [0, 0.05) is 13.0 Å². The smallest absolute Gasteiger partial charge is 0.303 e. The van der Waals surface area contributed by atoms with Crippen molar-refractivity contribution in [1.29, 1.82) is 5.26 Å². The summed E-state index contributed by atoms with van der Waals surface area (Å²) in [7, 11) is 0. The van der Waals surface area contributed by atoms with Crippen LogP contribution in [0.1, 0.15) is 41.0 Å². The first-order chi connectivity index (χ1) is 9.04. The van der Waals surface area contributed by atoms with Crippen LogP contribution in [0.15, 0.2) is 12.1 Å². The van der Waals surface area contributed by atoms with Gasteiger partial charge in [0.1, 0.15) is 11.8 Å². The number of nitrogens with one attached hydrogen (secondary N) is 1. The number of pyridine rings is 1. The van der Waals surface area contributed by atoms with Gasteiger partial charge in [0.25, 0.3) is 5.91 Å². The van der Waals surface area contributed by atoms with Gasteiger partial charge >= 0.3 is 5.97 Å². The van der Waals surface area contributed by atoms with E-state index in [-0.39, 0.29) is 18.0 Å². The van der Waals surface area contributed by atoms with Crippen molar-refractivity contribution >= 4 is 11.9 Å². The molecule has 19 heavy (non-hydrogen) atoms. The van der Waals surface area contributed by atoms with Crippen molar-refractivity contribution in [2.24, 2.45) is 0 Å². The van der Waals surface area contributed by atoms with Crippen LogP contribution >= 0.6 is 0 Å². The molecule has 6 heteroatoms. The predicted octanol–water partition coefficient (Wildman–Crippen LogP) is 1.25. The first-order valence-corrected chi connectivity index (χ1v) is 5.92. The third-order valence-corrected chi connectivity index (χ3v) is 2.54. The molecule has 0 saturated heterocycles. The van der Waals surface area contributed by atoms with Crippen molar-refractivity contribution in [3.05, 3.63) is 29.1 Å². The summed E-state index contributed by atoms with van der Waals surface area (Å²) in [5, 5.41) is 19.9. The summed E-state index contributed by atoms with van der Waals surface area (Å²) >= 11 is 0. The fourth-order valence-electron chi connectivity index (χ4n) is 1.50.